The summed E-state index contributed by atoms with van der Waals surface area (Å²) >= 11 is 11.8. The lowest BCUT2D eigenvalue weighted by atomic mass is 10.00. The fourth-order valence-corrected chi connectivity index (χ4v) is 3.35. The maximum absolute atomic E-state index is 11.9. The highest BCUT2D eigenvalue weighted by Crippen LogP contribution is 2.27. The van der Waals surface area contributed by atoms with Gasteiger partial charge in [0.25, 0.3) is 5.91 Å². The summed E-state index contributed by atoms with van der Waals surface area (Å²) < 4.78 is 5.43. The number of halogens is 2. The van der Waals surface area contributed by atoms with E-state index >= 15 is 0 Å². The Labute approximate surface area is 157 Å². The van der Waals surface area contributed by atoms with Crippen LogP contribution in [0.2, 0.25) is 10.0 Å². The summed E-state index contributed by atoms with van der Waals surface area (Å²) in [6.07, 6.45) is 1.06. The predicted octanol–water partition coefficient (Wildman–Crippen LogP) is 3.55. The standard InChI is InChI=1S/C19H20Cl2N2O2/c20-16-5-6-18(17(21)11-16)25-13-19(24)22-8-10-23-9-7-14-3-1-2-4-15(14)12-23/h1-6,11H,7-10,12-13H2,(H,22,24). The van der Waals surface area contributed by atoms with E-state index in [1.165, 1.54) is 11.1 Å². The lowest BCUT2D eigenvalue weighted by Crippen LogP contribution is -2.39. The highest BCUT2D eigenvalue weighted by atomic mass is 35.5. The summed E-state index contributed by atoms with van der Waals surface area (Å²) in [6, 6.07) is 13.4. The summed E-state index contributed by atoms with van der Waals surface area (Å²) in [5, 5.41) is 3.81. The van der Waals surface area contributed by atoms with Crippen LogP contribution in [0.5, 0.6) is 5.75 Å². The zero-order valence-corrected chi connectivity index (χ0v) is 15.3. The van der Waals surface area contributed by atoms with Crippen LogP contribution in [0.3, 0.4) is 0 Å². The highest BCUT2D eigenvalue weighted by molar-refractivity contribution is 6.35. The molecule has 132 valence electrons. The SMILES string of the molecule is O=C(COc1ccc(Cl)cc1Cl)NCCN1CCc2ccccc2C1. The second-order valence-electron chi connectivity index (χ2n) is 6.01. The summed E-state index contributed by atoms with van der Waals surface area (Å²) in [4.78, 5) is 14.3. The third-order valence-corrected chi connectivity index (χ3v) is 4.74. The summed E-state index contributed by atoms with van der Waals surface area (Å²) in [5.74, 6) is 0.289. The minimum absolute atomic E-state index is 0.0653. The number of amides is 1. The number of benzene rings is 2. The summed E-state index contributed by atoms with van der Waals surface area (Å²) in [5.41, 5.74) is 2.80. The lowest BCUT2D eigenvalue weighted by Gasteiger charge is -2.28. The summed E-state index contributed by atoms with van der Waals surface area (Å²) in [7, 11) is 0. The van der Waals surface area contributed by atoms with Crippen LogP contribution < -0.4 is 10.1 Å². The molecule has 0 aromatic heterocycles. The Balaban J connectivity index is 1.38. The number of carbonyl (C=O) groups is 1. The molecule has 0 saturated heterocycles. The fourth-order valence-electron chi connectivity index (χ4n) is 2.89. The largest absolute Gasteiger partial charge is 0.482 e. The Morgan fingerprint density at radius 3 is 2.76 bits per heavy atom. The number of rotatable bonds is 6. The Kier molecular flexibility index (Phi) is 6.19. The molecule has 1 aliphatic heterocycles. The van der Waals surface area contributed by atoms with Crippen molar-refractivity contribution >= 4 is 29.1 Å². The molecule has 4 nitrogen and oxygen atoms in total. The van der Waals surface area contributed by atoms with Gasteiger partial charge < -0.3 is 10.1 Å². The van der Waals surface area contributed by atoms with Crippen molar-refractivity contribution in [2.75, 3.05) is 26.2 Å². The molecule has 1 aliphatic rings. The number of carbonyl (C=O) groups excluding carboxylic acids is 1. The van der Waals surface area contributed by atoms with Crippen LogP contribution in [0.25, 0.3) is 0 Å². The molecule has 25 heavy (non-hydrogen) atoms. The number of hydrogen-bond donors (Lipinski definition) is 1. The number of hydrogen-bond acceptors (Lipinski definition) is 3. The first-order valence-corrected chi connectivity index (χ1v) is 9.01. The normalized spacial score (nSPS) is 14.0. The first-order valence-electron chi connectivity index (χ1n) is 8.25. The molecule has 3 rings (SSSR count). The smallest absolute Gasteiger partial charge is 0.257 e. The number of ether oxygens (including phenoxy) is 1. The molecule has 6 heteroatoms. The molecular weight excluding hydrogens is 359 g/mol. The van der Waals surface area contributed by atoms with E-state index in [1.807, 2.05) is 0 Å². The van der Waals surface area contributed by atoms with Gasteiger partial charge in [0.15, 0.2) is 6.61 Å². The minimum atomic E-state index is -0.163. The van der Waals surface area contributed by atoms with Crippen LogP contribution in [-0.4, -0.2) is 37.0 Å². The molecule has 0 unspecified atom stereocenters. The average molecular weight is 379 g/mol. The number of nitrogens with zero attached hydrogens (tertiary/aromatic N) is 1. The van der Waals surface area contributed by atoms with Crippen molar-refractivity contribution in [1.29, 1.82) is 0 Å². The molecule has 1 N–H and O–H groups in total. The third kappa shape index (κ3) is 5.11. The lowest BCUT2D eigenvalue weighted by molar-refractivity contribution is -0.123. The average Bonchev–Trinajstić information content (AvgIpc) is 2.61. The first kappa shape index (κ1) is 18.1. The van der Waals surface area contributed by atoms with E-state index in [-0.39, 0.29) is 12.5 Å². The van der Waals surface area contributed by atoms with E-state index < -0.39 is 0 Å². The summed E-state index contributed by atoms with van der Waals surface area (Å²) in [6.45, 7) is 3.30. The first-order chi connectivity index (χ1) is 12.1. The van der Waals surface area contributed by atoms with Crippen LogP contribution in [-0.2, 0) is 17.8 Å². The second kappa shape index (κ2) is 8.56. The predicted molar refractivity (Wildman–Crippen MR) is 100 cm³/mol. The van der Waals surface area contributed by atoms with E-state index in [9.17, 15) is 4.79 Å². The fraction of sp³-hybridized carbons (Fsp3) is 0.316. The molecule has 1 heterocycles. The topological polar surface area (TPSA) is 41.6 Å². The van der Waals surface area contributed by atoms with Crippen molar-refractivity contribution in [2.45, 2.75) is 13.0 Å². The third-order valence-electron chi connectivity index (χ3n) is 4.21. The van der Waals surface area contributed by atoms with E-state index in [0.29, 0.717) is 22.3 Å². The van der Waals surface area contributed by atoms with Crippen molar-refractivity contribution in [2.24, 2.45) is 0 Å². The monoisotopic (exact) mass is 378 g/mol. The van der Waals surface area contributed by atoms with Crippen LogP contribution in [0.1, 0.15) is 11.1 Å². The molecule has 0 radical (unpaired) electrons. The maximum Gasteiger partial charge on any atom is 0.257 e. The molecule has 2 aromatic rings. The zero-order chi connectivity index (χ0) is 17.6. The highest BCUT2D eigenvalue weighted by Gasteiger charge is 2.15. The van der Waals surface area contributed by atoms with Gasteiger partial charge in [-0.05, 0) is 35.7 Å². The molecule has 0 fully saturated rings. The molecular formula is C19H20Cl2N2O2. The van der Waals surface area contributed by atoms with Crippen molar-refractivity contribution in [1.82, 2.24) is 10.2 Å². The van der Waals surface area contributed by atoms with Crippen molar-refractivity contribution < 1.29 is 9.53 Å². The van der Waals surface area contributed by atoms with Gasteiger partial charge in [0.05, 0.1) is 5.02 Å². The van der Waals surface area contributed by atoms with Crippen LogP contribution >= 0.6 is 23.2 Å². The van der Waals surface area contributed by atoms with E-state index in [2.05, 4.69) is 34.5 Å². The Hall–Kier alpha value is -1.75. The van der Waals surface area contributed by atoms with Gasteiger partial charge in [-0.2, -0.15) is 0 Å². The van der Waals surface area contributed by atoms with Gasteiger partial charge in [-0.1, -0.05) is 47.5 Å². The quantitative estimate of drug-likeness (QED) is 0.835. The minimum Gasteiger partial charge on any atom is -0.482 e. The van der Waals surface area contributed by atoms with Crippen molar-refractivity contribution in [3.63, 3.8) is 0 Å². The Morgan fingerprint density at radius 2 is 1.96 bits per heavy atom. The van der Waals surface area contributed by atoms with Gasteiger partial charge >= 0.3 is 0 Å². The van der Waals surface area contributed by atoms with Gasteiger partial charge in [-0.15, -0.1) is 0 Å². The van der Waals surface area contributed by atoms with Crippen LogP contribution in [0.4, 0.5) is 0 Å². The Bertz CT molecular complexity index is 752. The molecule has 0 atom stereocenters. The van der Waals surface area contributed by atoms with Gasteiger partial charge in [0.2, 0.25) is 0 Å². The number of nitrogens with one attached hydrogen (secondary N) is 1. The van der Waals surface area contributed by atoms with Gasteiger partial charge in [-0.25, -0.2) is 0 Å². The molecule has 0 bridgehead atoms. The van der Waals surface area contributed by atoms with Crippen LogP contribution in [0, 0.1) is 0 Å². The molecule has 0 saturated carbocycles. The number of fused-ring (bicyclic) bond motifs is 1. The van der Waals surface area contributed by atoms with E-state index in [4.69, 9.17) is 27.9 Å². The molecule has 1 amide bonds. The zero-order valence-electron chi connectivity index (χ0n) is 13.8. The molecule has 0 spiro atoms. The molecule has 2 aromatic carbocycles. The maximum atomic E-state index is 11.9. The Morgan fingerprint density at radius 1 is 1.16 bits per heavy atom. The van der Waals surface area contributed by atoms with Gasteiger partial charge in [0, 0.05) is 31.2 Å². The second-order valence-corrected chi connectivity index (χ2v) is 6.85. The molecule has 0 aliphatic carbocycles. The van der Waals surface area contributed by atoms with Crippen molar-refractivity contribution in [3.8, 4) is 5.75 Å². The van der Waals surface area contributed by atoms with Crippen molar-refractivity contribution in [3.05, 3.63) is 63.6 Å². The van der Waals surface area contributed by atoms with Crippen LogP contribution in [0.15, 0.2) is 42.5 Å². The van der Waals surface area contributed by atoms with Gasteiger partial charge in [0.1, 0.15) is 5.75 Å². The van der Waals surface area contributed by atoms with Gasteiger partial charge in [-0.3, -0.25) is 9.69 Å². The van der Waals surface area contributed by atoms with E-state index in [0.717, 1.165) is 26.1 Å². The van der Waals surface area contributed by atoms with E-state index in [1.54, 1.807) is 18.2 Å².